The molecule has 1 saturated heterocycles. The van der Waals surface area contributed by atoms with Crippen molar-refractivity contribution in [3.8, 4) is 0 Å². The number of amides is 8. The number of urea groups is 1. The Morgan fingerprint density at radius 3 is 2.41 bits per heavy atom. The lowest BCUT2D eigenvalue weighted by molar-refractivity contribution is -0.133. The lowest BCUT2D eigenvalue weighted by Gasteiger charge is -2.31. The maximum absolute atomic E-state index is 13.4. The van der Waals surface area contributed by atoms with Crippen LogP contribution >= 0.6 is 0 Å². The van der Waals surface area contributed by atoms with Gasteiger partial charge in [0.25, 0.3) is 5.91 Å². The Morgan fingerprint density at radius 1 is 1.04 bits per heavy atom. The van der Waals surface area contributed by atoms with Crippen molar-refractivity contribution >= 4 is 47.4 Å². The first-order valence-corrected chi connectivity index (χ1v) is 14.5. The normalized spacial score (nSPS) is 26.6. The van der Waals surface area contributed by atoms with E-state index in [4.69, 9.17) is 28.7 Å². The average molecular weight is 653 g/mol. The van der Waals surface area contributed by atoms with Gasteiger partial charge in [0.1, 0.15) is 29.9 Å². The SMILES string of the molecule is CC1NC(=O)C(N)CNC(=O)C(C2CCN=C(N)N2)NC(=O)/C(=C\NC(N)=O)NC(=O)C(CNC(=O)CC(N)CCCN)NC1=O. The van der Waals surface area contributed by atoms with Crippen molar-refractivity contribution in [3.05, 3.63) is 11.9 Å². The summed E-state index contributed by atoms with van der Waals surface area (Å²) in [5, 5.41) is 19.4. The van der Waals surface area contributed by atoms with Crippen LogP contribution in [0.25, 0.3) is 0 Å². The van der Waals surface area contributed by atoms with Crippen LogP contribution in [-0.4, -0.2) is 110 Å². The number of rotatable bonds is 9. The molecule has 2 heterocycles. The summed E-state index contributed by atoms with van der Waals surface area (Å²) < 4.78 is 0. The fraction of sp³-hybridized carbons (Fsp3) is 0.600. The number of carbonyl (C=O) groups is 7. The second kappa shape index (κ2) is 18.1. The number of nitrogens with one attached hydrogen (secondary N) is 8. The highest BCUT2D eigenvalue weighted by molar-refractivity contribution is 6.02. The molecule has 18 N–H and O–H groups in total. The van der Waals surface area contributed by atoms with E-state index in [1.54, 1.807) is 0 Å². The molecule has 2 rings (SSSR count). The molecule has 0 spiro atoms. The van der Waals surface area contributed by atoms with Crippen LogP contribution in [0.4, 0.5) is 4.79 Å². The maximum atomic E-state index is 13.4. The number of guanidine groups is 1. The number of primary amides is 1. The Kier molecular flexibility index (Phi) is 14.6. The molecule has 0 aliphatic carbocycles. The van der Waals surface area contributed by atoms with E-state index in [-0.39, 0.29) is 31.9 Å². The monoisotopic (exact) mass is 652 g/mol. The molecule has 0 saturated carbocycles. The Hall–Kier alpha value is -5.02. The van der Waals surface area contributed by atoms with Crippen molar-refractivity contribution < 1.29 is 33.6 Å². The third-order valence-electron chi connectivity index (χ3n) is 6.84. The highest BCUT2D eigenvalue weighted by Gasteiger charge is 2.34. The number of nitrogens with zero attached hydrogens (tertiary/aromatic N) is 1. The highest BCUT2D eigenvalue weighted by Crippen LogP contribution is 2.07. The molecule has 0 aromatic rings. The van der Waals surface area contributed by atoms with Crippen LogP contribution in [0.5, 0.6) is 0 Å². The minimum Gasteiger partial charge on any atom is -0.370 e. The second-order valence-electron chi connectivity index (χ2n) is 10.7. The number of carbonyl (C=O) groups excluding carboxylic acids is 7. The molecule has 8 amide bonds. The smallest absolute Gasteiger partial charge is 0.316 e. The van der Waals surface area contributed by atoms with Gasteiger partial charge in [-0.15, -0.1) is 0 Å². The van der Waals surface area contributed by atoms with Crippen molar-refractivity contribution in [3.63, 3.8) is 0 Å². The molecule has 1 fully saturated rings. The molecular weight excluding hydrogens is 608 g/mol. The quantitative estimate of drug-likeness (QED) is 0.103. The van der Waals surface area contributed by atoms with E-state index in [2.05, 4.69) is 47.5 Å². The van der Waals surface area contributed by atoms with Crippen LogP contribution in [-0.2, 0) is 28.8 Å². The predicted molar refractivity (Wildman–Crippen MR) is 163 cm³/mol. The van der Waals surface area contributed by atoms with Crippen molar-refractivity contribution in [1.29, 1.82) is 0 Å². The number of hydrogen-bond acceptors (Lipinski definition) is 13. The van der Waals surface area contributed by atoms with Gasteiger partial charge in [-0.25, -0.2) is 4.79 Å². The van der Waals surface area contributed by atoms with Crippen LogP contribution in [0.2, 0.25) is 0 Å². The van der Waals surface area contributed by atoms with Gasteiger partial charge in [0.15, 0.2) is 5.96 Å². The topological polar surface area (TPSA) is 358 Å². The van der Waals surface area contributed by atoms with Gasteiger partial charge in [-0.05, 0) is 32.7 Å². The first-order chi connectivity index (χ1) is 21.7. The summed E-state index contributed by atoms with van der Waals surface area (Å²) in [7, 11) is 0. The van der Waals surface area contributed by atoms with Gasteiger partial charge in [-0.2, -0.15) is 0 Å². The Bertz CT molecular complexity index is 1230. The molecule has 6 atom stereocenters. The Labute approximate surface area is 264 Å². The minimum atomic E-state index is -1.52. The third kappa shape index (κ3) is 12.2. The molecule has 0 aromatic carbocycles. The largest absolute Gasteiger partial charge is 0.370 e. The summed E-state index contributed by atoms with van der Waals surface area (Å²) in [6.45, 7) is 1.08. The third-order valence-corrected chi connectivity index (χ3v) is 6.84. The number of hydrogen-bond donors (Lipinski definition) is 13. The number of aliphatic imine (C=N–C) groups is 1. The zero-order valence-corrected chi connectivity index (χ0v) is 25.4. The zero-order chi connectivity index (χ0) is 34.4. The molecule has 6 unspecified atom stereocenters. The molecule has 21 heteroatoms. The molecule has 2 aliphatic heterocycles. The van der Waals surface area contributed by atoms with Gasteiger partial charge in [-0.3, -0.25) is 33.8 Å². The predicted octanol–water partition coefficient (Wildman–Crippen LogP) is -7.21. The molecule has 256 valence electrons. The lowest BCUT2D eigenvalue weighted by atomic mass is 10.0. The van der Waals surface area contributed by atoms with E-state index in [1.165, 1.54) is 6.92 Å². The highest BCUT2D eigenvalue weighted by atomic mass is 16.2. The standard InChI is InChI=1S/C25H44N14O7/c1-11-19(41)36-15(9-32-17(40)7-12(27)3-2-5-26)21(43)37-16(10-34-25(30)46)22(44)39-18(14-4-6-31-24(29)38-14)23(45)33-8-13(28)20(42)35-11/h10-15,18H,2-9,26-28H2,1H3,(H,32,40)(H,33,45)(H,35,42)(H,36,41)(H,37,43)(H,39,44)(H3,29,31,38)(H3,30,34,46)/b16-10+. The van der Waals surface area contributed by atoms with E-state index in [1.807, 2.05) is 0 Å². The van der Waals surface area contributed by atoms with Crippen LogP contribution < -0.4 is 71.2 Å². The summed E-state index contributed by atoms with van der Waals surface area (Å²) in [6.07, 6.45) is 2.01. The van der Waals surface area contributed by atoms with Crippen molar-refractivity contribution in [1.82, 2.24) is 42.5 Å². The second-order valence-corrected chi connectivity index (χ2v) is 10.7. The average Bonchev–Trinajstić information content (AvgIpc) is 3.00. The van der Waals surface area contributed by atoms with E-state index in [0.717, 1.165) is 6.20 Å². The van der Waals surface area contributed by atoms with Gasteiger partial charge in [0.05, 0.1) is 6.04 Å². The summed E-state index contributed by atoms with van der Waals surface area (Å²) in [5.41, 5.74) is 27.7. The van der Waals surface area contributed by atoms with Crippen LogP contribution in [0.3, 0.4) is 0 Å². The van der Waals surface area contributed by atoms with Crippen molar-refractivity contribution in [2.24, 2.45) is 33.7 Å². The van der Waals surface area contributed by atoms with E-state index in [9.17, 15) is 33.6 Å². The molecule has 21 nitrogen and oxygen atoms in total. The first-order valence-electron chi connectivity index (χ1n) is 14.5. The van der Waals surface area contributed by atoms with Gasteiger partial charge in [0, 0.05) is 38.3 Å². The van der Waals surface area contributed by atoms with E-state index in [0.29, 0.717) is 19.4 Å². The van der Waals surface area contributed by atoms with Crippen LogP contribution in [0, 0.1) is 0 Å². The Balaban J connectivity index is 2.42. The van der Waals surface area contributed by atoms with Crippen LogP contribution in [0.1, 0.15) is 32.6 Å². The maximum Gasteiger partial charge on any atom is 0.316 e. The summed E-state index contributed by atoms with van der Waals surface area (Å²) in [5.74, 6) is -5.04. The van der Waals surface area contributed by atoms with Gasteiger partial charge in [0.2, 0.25) is 29.5 Å². The van der Waals surface area contributed by atoms with Crippen molar-refractivity contribution in [2.45, 2.75) is 68.9 Å². The molecule has 46 heavy (non-hydrogen) atoms. The van der Waals surface area contributed by atoms with Gasteiger partial charge in [-0.1, -0.05) is 0 Å². The molecule has 0 radical (unpaired) electrons. The fourth-order valence-electron chi connectivity index (χ4n) is 4.28. The Morgan fingerprint density at radius 2 is 1.76 bits per heavy atom. The minimum absolute atomic E-state index is 0.0101. The lowest BCUT2D eigenvalue weighted by Crippen LogP contribution is -2.63. The van der Waals surface area contributed by atoms with Gasteiger partial charge < -0.3 is 71.2 Å². The van der Waals surface area contributed by atoms with E-state index >= 15 is 0 Å². The molecule has 0 bridgehead atoms. The number of nitrogens with two attached hydrogens (primary N) is 5. The molecule has 0 aromatic heterocycles. The fourth-order valence-corrected chi connectivity index (χ4v) is 4.28. The summed E-state index contributed by atoms with van der Waals surface area (Å²) in [6, 6.07) is -7.79. The summed E-state index contributed by atoms with van der Waals surface area (Å²) in [4.78, 5) is 93.7. The van der Waals surface area contributed by atoms with Crippen LogP contribution in [0.15, 0.2) is 16.9 Å². The van der Waals surface area contributed by atoms with Crippen molar-refractivity contribution in [2.75, 3.05) is 26.2 Å². The van der Waals surface area contributed by atoms with Gasteiger partial charge >= 0.3 is 6.03 Å². The van der Waals surface area contributed by atoms with E-state index < -0.39 is 90.0 Å². The summed E-state index contributed by atoms with van der Waals surface area (Å²) >= 11 is 0. The molecular formula is C25H44N14O7. The first kappa shape index (κ1) is 37.2. The molecule has 2 aliphatic rings. The zero-order valence-electron chi connectivity index (χ0n) is 25.4.